The number of hydrogen-bond acceptors (Lipinski definition) is 6. The Labute approximate surface area is 183 Å². The minimum Gasteiger partial charge on any atom is -0.494 e. The lowest BCUT2D eigenvalue weighted by atomic mass is 10.1. The first kappa shape index (κ1) is 22.9. The van der Waals surface area contributed by atoms with E-state index >= 15 is 0 Å². The van der Waals surface area contributed by atoms with Gasteiger partial charge in [0.05, 0.1) is 24.8 Å². The van der Waals surface area contributed by atoms with Gasteiger partial charge in [0.1, 0.15) is 11.4 Å². The van der Waals surface area contributed by atoms with Gasteiger partial charge in [0.2, 0.25) is 11.9 Å². The monoisotopic (exact) mass is 445 g/mol. The van der Waals surface area contributed by atoms with E-state index in [2.05, 4.69) is 22.0 Å². The van der Waals surface area contributed by atoms with Gasteiger partial charge in [-0.15, -0.1) is 0 Å². The molecule has 0 atom stereocenters. The van der Waals surface area contributed by atoms with E-state index in [1.54, 1.807) is 19.1 Å². The number of guanidine groups is 1. The fourth-order valence-electron chi connectivity index (χ4n) is 3.07. The zero-order valence-electron chi connectivity index (χ0n) is 17.5. The van der Waals surface area contributed by atoms with Crippen LogP contribution in [0.2, 0.25) is 0 Å². The van der Waals surface area contributed by atoms with E-state index in [0.29, 0.717) is 34.0 Å². The highest BCUT2D eigenvalue weighted by atomic mass is 19.4. The predicted molar refractivity (Wildman–Crippen MR) is 116 cm³/mol. The van der Waals surface area contributed by atoms with Crippen LogP contribution in [0.1, 0.15) is 30.0 Å². The van der Waals surface area contributed by atoms with Gasteiger partial charge in [-0.3, -0.25) is 4.79 Å². The molecule has 0 fully saturated rings. The summed E-state index contributed by atoms with van der Waals surface area (Å²) in [4.78, 5) is 16.6. The molecule has 1 heterocycles. The Kier molecular flexibility index (Phi) is 6.52. The Hall–Kier alpha value is -3.82. The number of alkyl halides is 3. The lowest BCUT2D eigenvalue weighted by molar-refractivity contribution is -0.137. The number of methoxy groups -OCH3 is 1. The number of fused-ring (bicyclic) bond motifs is 1. The molecule has 3 N–H and O–H groups in total. The third-order valence-corrected chi connectivity index (χ3v) is 4.69. The van der Waals surface area contributed by atoms with E-state index in [1.807, 2.05) is 6.07 Å². The minimum absolute atomic E-state index is 0.0390. The van der Waals surface area contributed by atoms with Gasteiger partial charge < -0.3 is 15.8 Å². The number of amides is 1. The number of ether oxygens (including phenoxy) is 1. The number of benzene rings is 2. The maximum Gasteiger partial charge on any atom is 0.416 e. The summed E-state index contributed by atoms with van der Waals surface area (Å²) in [5, 5.41) is 8.36. The van der Waals surface area contributed by atoms with Gasteiger partial charge in [-0.05, 0) is 30.7 Å². The summed E-state index contributed by atoms with van der Waals surface area (Å²) < 4.78 is 43.2. The van der Waals surface area contributed by atoms with E-state index in [9.17, 15) is 18.0 Å². The molecule has 0 unspecified atom stereocenters. The number of nitrogens with one attached hydrogen (secondary N) is 1. The summed E-state index contributed by atoms with van der Waals surface area (Å²) in [5.74, 6) is 0.289. The van der Waals surface area contributed by atoms with Crippen LogP contribution < -0.4 is 15.8 Å². The Balaban J connectivity index is 1.63. The van der Waals surface area contributed by atoms with Crippen molar-refractivity contribution in [3.63, 3.8) is 0 Å². The molecule has 10 heteroatoms. The maximum atomic E-state index is 12.6. The molecule has 2 aromatic rings. The van der Waals surface area contributed by atoms with Gasteiger partial charge >= 0.3 is 6.18 Å². The van der Waals surface area contributed by atoms with Gasteiger partial charge in [0.25, 0.3) is 0 Å². The van der Waals surface area contributed by atoms with Crippen molar-refractivity contribution in [2.24, 2.45) is 15.8 Å². The number of rotatable bonds is 6. The SMILES string of the molecule is C=C1c2cccc(OC)c2N=C(N)N1/N=C(\C)CC(=O)NCc1ccc(C(F)(F)F)cc1. The number of nitrogens with two attached hydrogens (primary N) is 1. The first-order chi connectivity index (χ1) is 15.1. The van der Waals surface area contributed by atoms with Crippen LogP contribution in [-0.2, 0) is 17.5 Å². The summed E-state index contributed by atoms with van der Waals surface area (Å²) in [6.45, 7) is 5.76. The van der Waals surface area contributed by atoms with E-state index < -0.39 is 11.7 Å². The third kappa shape index (κ3) is 5.08. The molecule has 0 aromatic heterocycles. The van der Waals surface area contributed by atoms with Gasteiger partial charge in [-0.25, -0.2) is 10.0 Å². The Bertz CT molecular complexity index is 1090. The quantitative estimate of drug-likeness (QED) is 0.657. The van der Waals surface area contributed by atoms with E-state index in [-0.39, 0.29) is 24.8 Å². The van der Waals surface area contributed by atoms with Gasteiger partial charge in [-0.1, -0.05) is 30.8 Å². The van der Waals surface area contributed by atoms with Crippen LogP contribution >= 0.6 is 0 Å². The average Bonchev–Trinajstić information content (AvgIpc) is 2.74. The molecule has 168 valence electrons. The fourth-order valence-corrected chi connectivity index (χ4v) is 3.07. The smallest absolute Gasteiger partial charge is 0.416 e. The molecule has 0 spiro atoms. The largest absolute Gasteiger partial charge is 0.494 e. The molecule has 2 aromatic carbocycles. The van der Waals surface area contributed by atoms with Gasteiger partial charge in [0.15, 0.2) is 0 Å². The van der Waals surface area contributed by atoms with Crippen molar-refractivity contribution in [3.05, 3.63) is 65.7 Å². The number of nitrogens with zero attached hydrogens (tertiary/aromatic N) is 3. The second-order valence-corrected chi connectivity index (χ2v) is 7.07. The number of para-hydroxylation sites is 1. The minimum atomic E-state index is -4.40. The average molecular weight is 445 g/mol. The van der Waals surface area contributed by atoms with Crippen molar-refractivity contribution in [1.82, 2.24) is 10.3 Å². The maximum absolute atomic E-state index is 12.6. The zero-order valence-corrected chi connectivity index (χ0v) is 17.5. The van der Waals surface area contributed by atoms with Crippen molar-refractivity contribution < 1.29 is 22.7 Å². The lowest BCUT2D eigenvalue weighted by Gasteiger charge is -2.27. The molecular formula is C22H22F3N5O2. The highest BCUT2D eigenvalue weighted by molar-refractivity contribution is 6.02. The summed E-state index contributed by atoms with van der Waals surface area (Å²) in [6.07, 6.45) is -4.44. The normalized spacial score (nSPS) is 14.0. The molecule has 1 amide bonds. The van der Waals surface area contributed by atoms with Crippen LogP contribution in [0.15, 0.2) is 59.1 Å². The number of carbonyl (C=O) groups is 1. The number of hydrazone groups is 1. The van der Waals surface area contributed by atoms with Crippen molar-refractivity contribution in [2.45, 2.75) is 26.1 Å². The van der Waals surface area contributed by atoms with Crippen molar-refractivity contribution in [2.75, 3.05) is 7.11 Å². The summed E-state index contributed by atoms with van der Waals surface area (Å²) in [5.41, 5.74) is 8.02. The molecular weight excluding hydrogens is 423 g/mol. The van der Waals surface area contributed by atoms with Gasteiger partial charge in [-0.2, -0.15) is 18.3 Å². The van der Waals surface area contributed by atoms with E-state index in [1.165, 1.54) is 24.3 Å². The molecule has 0 aliphatic carbocycles. The topological polar surface area (TPSA) is 92.3 Å². The van der Waals surface area contributed by atoms with Crippen molar-refractivity contribution in [3.8, 4) is 5.75 Å². The van der Waals surface area contributed by atoms with Gasteiger partial charge in [0, 0.05) is 17.8 Å². The molecule has 32 heavy (non-hydrogen) atoms. The summed E-state index contributed by atoms with van der Waals surface area (Å²) in [7, 11) is 1.53. The van der Waals surface area contributed by atoms with Crippen LogP contribution in [-0.4, -0.2) is 29.7 Å². The predicted octanol–water partition coefficient (Wildman–Crippen LogP) is 4.03. The molecule has 0 radical (unpaired) electrons. The lowest BCUT2D eigenvalue weighted by Crippen LogP contribution is -2.35. The van der Waals surface area contributed by atoms with Crippen LogP contribution in [0.3, 0.4) is 0 Å². The van der Waals surface area contributed by atoms with Crippen LogP contribution in [0.5, 0.6) is 5.75 Å². The number of carbonyl (C=O) groups excluding carboxylic acids is 1. The number of hydrogen-bond donors (Lipinski definition) is 2. The highest BCUT2D eigenvalue weighted by Crippen LogP contribution is 2.39. The Morgan fingerprint density at radius 2 is 1.94 bits per heavy atom. The number of aliphatic imine (C=N–C) groups is 1. The first-order valence-corrected chi connectivity index (χ1v) is 9.57. The van der Waals surface area contributed by atoms with E-state index in [4.69, 9.17) is 10.5 Å². The zero-order chi connectivity index (χ0) is 23.5. The van der Waals surface area contributed by atoms with Crippen LogP contribution in [0.25, 0.3) is 5.70 Å². The standard InChI is InChI=1S/C22H22F3N5O2/c1-13(11-19(31)27-12-15-7-9-16(10-8-15)22(23,24)25)29-30-14(2)17-5-4-6-18(32-3)20(17)28-21(30)26/h4-10H,2,11-12H2,1,3H3,(H2,26,28)(H,27,31)/b29-13+. The van der Waals surface area contributed by atoms with Crippen molar-refractivity contribution in [1.29, 1.82) is 0 Å². The Morgan fingerprint density at radius 1 is 1.25 bits per heavy atom. The first-order valence-electron chi connectivity index (χ1n) is 9.57. The summed E-state index contributed by atoms with van der Waals surface area (Å²) >= 11 is 0. The van der Waals surface area contributed by atoms with Crippen LogP contribution in [0, 0.1) is 0 Å². The van der Waals surface area contributed by atoms with E-state index in [0.717, 1.165) is 12.1 Å². The second-order valence-electron chi connectivity index (χ2n) is 7.07. The third-order valence-electron chi connectivity index (χ3n) is 4.69. The molecule has 1 aliphatic rings. The molecule has 7 nitrogen and oxygen atoms in total. The second kappa shape index (κ2) is 9.13. The molecule has 1 aliphatic heterocycles. The molecule has 0 saturated heterocycles. The van der Waals surface area contributed by atoms with Crippen molar-refractivity contribution >= 4 is 29.0 Å². The molecule has 3 rings (SSSR count). The number of halogens is 3. The Morgan fingerprint density at radius 3 is 2.56 bits per heavy atom. The molecule has 0 saturated carbocycles. The van der Waals surface area contributed by atoms with Crippen LogP contribution in [0.4, 0.5) is 18.9 Å². The fraction of sp³-hybridized carbons (Fsp3) is 0.227. The highest BCUT2D eigenvalue weighted by Gasteiger charge is 2.30. The molecule has 0 bridgehead atoms. The summed E-state index contributed by atoms with van der Waals surface area (Å²) in [6, 6.07) is 9.97.